The molecule has 0 atom stereocenters. The van der Waals surface area contributed by atoms with E-state index in [0.717, 1.165) is 0 Å². The van der Waals surface area contributed by atoms with Crippen LogP contribution in [-0.4, -0.2) is 28.2 Å². The number of nitrogens with one attached hydrogen (secondary N) is 1. The summed E-state index contributed by atoms with van der Waals surface area (Å²) in [4.78, 5) is 0.235. The van der Waals surface area contributed by atoms with Gasteiger partial charge in [0.25, 0.3) is 0 Å². The molecule has 102 valence electrons. The molecule has 0 bridgehead atoms. The van der Waals surface area contributed by atoms with Crippen molar-refractivity contribution >= 4 is 15.7 Å². The standard InChI is InChI=1S/C12H20N2O3S/c1-3-17-8-4-7-14-18(15,16)12-9-11(13)6-5-10(12)2/h5-6,9,14H,3-4,7-8,13H2,1-2H3. The van der Waals surface area contributed by atoms with Gasteiger partial charge in [0.15, 0.2) is 0 Å². The van der Waals surface area contributed by atoms with Crippen LogP contribution in [0.4, 0.5) is 5.69 Å². The van der Waals surface area contributed by atoms with Crippen molar-refractivity contribution in [1.29, 1.82) is 0 Å². The van der Waals surface area contributed by atoms with Crippen LogP contribution in [0, 0.1) is 6.92 Å². The molecule has 1 aromatic rings. The molecule has 0 unspecified atom stereocenters. The number of hydrogen-bond acceptors (Lipinski definition) is 4. The average Bonchev–Trinajstić information content (AvgIpc) is 2.32. The fraction of sp³-hybridized carbons (Fsp3) is 0.500. The zero-order valence-electron chi connectivity index (χ0n) is 10.8. The Morgan fingerprint density at radius 2 is 2.11 bits per heavy atom. The number of anilines is 1. The van der Waals surface area contributed by atoms with E-state index in [4.69, 9.17) is 10.5 Å². The molecule has 0 aliphatic heterocycles. The molecule has 5 nitrogen and oxygen atoms in total. The summed E-state index contributed by atoms with van der Waals surface area (Å²) in [5.74, 6) is 0. The molecule has 3 N–H and O–H groups in total. The van der Waals surface area contributed by atoms with Crippen LogP contribution in [0.25, 0.3) is 0 Å². The zero-order valence-corrected chi connectivity index (χ0v) is 11.6. The molecule has 0 heterocycles. The maximum Gasteiger partial charge on any atom is 0.240 e. The fourth-order valence-corrected chi connectivity index (χ4v) is 2.86. The van der Waals surface area contributed by atoms with Gasteiger partial charge in [0.1, 0.15) is 0 Å². The van der Waals surface area contributed by atoms with Crippen LogP contribution in [0.1, 0.15) is 18.9 Å². The minimum absolute atomic E-state index is 0.235. The normalized spacial score (nSPS) is 11.7. The van der Waals surface area contributed by atoms with Gasteiger partial charge in [-0.25, -0.2) is 13.1 Å². The van der Waals surface area contributed by atoms with Crippen LogP contribution in [0.3, 0.4) is 0 Å². The highest BCUT2D eigenvalue weighted by Crippen LogP contribution is 2.17. The van der Waals surface area contributed by atoms with Crippen LogP contribution < -0.4 is 10.5 Å². The SMILES string of the molecule is CCOCCCNS(=O)(=O)c1cc(N)ccc1C. The van der Waals surface area contributed by atoms with Crippen molar-refractivity contribution in [3.05, 3.63) is 23.8 Å². The highest BCUT2D eigenvalue weighted by atomic mass is 32.2. The maximum absolute atomic E-state index is 12.0. The van der Waals surface area contributed by atoms with Crippen molar-refractivity contribution in [2.45, 2.75) is 25.2 Å². The summed E-state index contributed by atoms with van der Waals surface area (Å²) in [6.07, 6.45) is 0.647. The highest BCUT2D eigenvalue weighted by Gasteiger charge is 2.16. The van der Waals surface area contributed by atoms with Crippen LogP contribution >= 0.6 is 0 Å². The number of nitrogen functional groups attached to an aromatic ring is 1. The van der Waals surface area contributed by atoms with E-state index in [2.05, 4.69) is 4.72 Å². The summed E-state index contributed by atoms with van der Waals surface area (Å²) >= 11 is 0. The number of aryl methyl sites for hydroxylation is 1. The van der Waals surface area contributed by atoms with E-state index in [9.17, 15) is 8.42 Å². The Morgan fingerprint density at radius 3 is 2.78 bits per heavy atom. The largest absolute Gasteiger partial charge is 0.399 e. The maximum atomic E-state index is 12.0. The number of nitrogens with two attached hydrogens (primary N) is 1. The molecular weight excluding hydrogens is 252 g/mol. The van der Waals surface area contributed by atoms with E-state index >= 15 is 0 Å². The van der Waals surface area contributed by atoms with Gasteiger partial charge < -0.3 is 10.5 Å². The number of sulfonamides is 1. The molecule has 18 heavy (non-hydrogen) atoms. The van der Waals surface area contributed by atoms with Gasteiger partial charge in [-0.2, -0.15) is 0 Å². The molecule has 0 fully saturated rings. The van der Waals surface area contributed by atoms with Gasteiger partial charge in [0.05, 0.1) is 4.90 Å². The minimum Gasteiger partial charge on any atom is -0.399 e. The lowest BCUT2D eigenvalue weighted by molar-refractivity contribution is 0.146. The van der Waals surface area contributed by atoms with Gasteiger partial charge in [-0.05, 0) is 38.0 Å². The molecule has 0 saturated heterocycles. The summed E-state index contributed by atoms with van der Waals surface area (Å²) in [6.45, 7) is 5.20. The van der Waals surface area contributed by atoms with Crippen LogP contribution in [-0.2, 0) is 14.8 Å². The molecular formula is C12H20N2O3S. The van der Waals surface area contributed by atoms with Gasteiger partial charge in [-0.3, -0.25) is 0 Å². The van der Waals surface area contributed by atoms with Gasteiger partial charge in [0, 0.05) is 25.4 Å². The molecule has 0 spiro atoms. The summed E-state index contributed by atoms with van der Waals surface area (Å²) in [5, 5.41) is 0. The predicted octanol–water partition coefficient (Wildman–Crippen LogP) is 1.28. The van der Waals surface area contributed by atoms with E-state index in [1.165, 1.54) is 6.07 Å². The number of hydrogen-bond donors (Lipinski definition) is 2. The molecule has 0 amide bonds. The van der Waals surface area contributed by atoms with E-state index < -0.39 is 10.0 Å². The first-order valence-corrected chi connectivity index (χ1v) is 7.39. The predicted molar refractivity (Wildman–Crippen MR) is 71.9 cm³/mol. The lowest BCUT2D eigenvalue weighted by Gasteiger charge is -2.10. The summed E-state index contributed by atoms with van der Waals surface area (Å²) < 4.78 is 31.7. The van der Waals surface area contributed by atoms with E-state index in [1.807, 2.05) is 6.92 Å². The van der Waals surface area contributed by atoms with Crippen molar-refractivity contribution in [1.82, 2.24) is 4.72 Å². The third-order valence-corrected chi connectivity index (χ3v) is 4.07. The quantitative estimate of drug-likeness (QED) is 0.579. The van der Waals surface area contributed by atoms with Crippen molar-refractivity contribution in [3.8, 4) is 0 Å². The van der Waals surface area contributed by atoms with Gasteiger partial charge in [0.2, 0.25) is 10.0 Å². The molecule has 0 radical (unpaired) electrons. The van der Waals surface area contributed by atoms with E-state index in [1.54, 1.807) is 19.1 Å². The first kappa shape index (κ1) is 14.9. The molecule has 6 heteroatoms. The van der Waals surface area contributed by atoms with Crippen LogP contribution in [0.15, 0.2) is 23.1 Å². The third-order valence-electron chi connectivity index (χ3n) is 2.46. The summed E-state index contributed by atoms with van der Waals surface area (Å²) in [6, 6.07) is 4.85. The molecule has 0 aliphatic rings. The summed E-state index contributed by atoms with van der Waals surface area (Å²) in [5.41, 5.74) is 6.73. The second kappa shape index (κ2) is 6.72. The van der Waals surface area contributed by atoms with E-state index in [-0.39, 0.29) is 4.90 Å². The number of benzene rings is 1. The smallest absolute Gasteiger partial charge is 0.240 e. The first-order chi connectivity index (χ1) is 8.47. The monoisotopic (exact) mass is 272 g/mol. The Bertz CT molecular complexity index is 486. The van der Waals surface area contributed by atoms with E-state index in [0.29, 0.717) is 37.4 Å². The molecule has 1 aromatic carbocycles. The van der Waals surface area contributed by atoms with Crippen molar-refractivity contribution in [2.24, 2.45) is 0 Å². The highest BCUT2D eigenvalue weighted by molar-refractivity contribution is 7.89. The molecule has 1 rings (SSSR count). The molecule has 0 aromatic heterocycles. The second-order valence-corrected chi connectivity index (χ2v) is 5.71. The second-order valence-electron chi connectivity index (χ2n) is 3.97. The Balaban J connectivity index is 2.66. The molecule has 0 aliphatic carbocycles. The lowest BCUT2D eigenvalue weighted by Crippen LogP contribution is -2.26. The Morgan fingerprint density at radius 1 is 1.39 bits per heavy atom. The molecule has 0 saturated carbocycles. The number of ether oxygens (including phenoxy) is 1. The third kappa shape index (κ3) is 4.29. The zero-order chi connectivity index (χ0) is 13.6. The Kier molecular flexibility index (Phi) is 5.58. The number of rotatable bonds is 7. The van der Waals surface area contributed by atoms with Gasteiger partial charge in [-0.1, -0.05) is 6.07 Å². The first-order valence-electron chi connectivity index (χ1n) is 5.91. The minimum atomic E-state index is -3.49. The van der Waals surface area contributed by atoms with Crippen LogP contribution in [0.5, 0.6) is 0 Å². The summed E-state index contributed by atoms with van der Waals surface area (Å²) in [7, 11) is -3.49. The van der Waals surface area contributed by atoms with Gasteiger partial charge in [-0.15, -0.1) is 0 Å². The van der Waals surface area contributed by atoms with Crippen molar-refractivity contribution in [2.75, 3.05) is 25.5 Å². The fourth-order valence-electron chi connectivity index (χ4n) is 1.51. The van der Waals surface area contributed by atoms with Crippen LogP contribution in [0.2, 0.25) is 0 Å². The topological polar surface area (TPSA) is 81.4 Å². The average molecular weight is 272 g/mol. The van der Waals surface area contributed by atoms with Crippen molar-refractivity contribution in [3.63, 3.8) is 0 Å². The van der Waals surface area contributed by atoms with Gasteiger partial charge >= 0.3 is 0 Å². The van der Waals surface area contributed by atoms with Crippen molar-refractivity contribution < 1.29 is 13.2 Å². The Labute approximate surface area is 108 Å². The lowest BCUT2D eigenvalue weighted by atomic mass is 10.2. The Hall–Kier alpha value is -1.11.